The van der Waals surface area contributed by atoms with Gasteiger partial charge in [-0.3, -0.25) is 0 Å². The van der Waals surface area contributed by atoms with E-state index < -0.39 is 10.0 Å². The van der Waals surface area contributed by atoms with Gasteiger partial charge >= 0.3 is 0 Å². The molecule has 6 heteroatoms. The molecule has 1 aromatic heterocycles. The highest BCUT2D eigenvalue weighted by Gasteiger charge is 2.12. The van der Waals surface area contributed by atoms with E-state index in [1.165, 1.54) is 11.3 Å². The topological polar surface area (TPSA) is 46.2 Å². The minimum atomic E-state index is -3.15. The summed E-state index contributed by atoms with van der Waals surface area (Å²) < 4.78 is 24.9. The van der Waals surface area contributed by atoms with Crippen molar-refractivity contribution in [3.8, 4) is 0 Å². The maximum absolute atomic E-state index is 10.9. The molecule has 1 atom stereocenters. The standard InChI is InChI=1S/C7H10ClNO2S2/c1-5(9-13(2,10)11)6-3-4-7(8)12-6/h3-5,9H,1-2H3/t5-/m1/s1. The highest BCUT2D eigenvalue weighted by atomic mass is 35.5. The molecule has 0 aromatic carbocycles. The fourth-order valence-electron chi connectivity index (χ4n) is 0.940. The van der Waals surface area contributed by atoms with Crippen molar-refractivity contribution < 1.29 is 8.42 Å². The van der Waals surface area contributed by atoms with Crippen LogP contribution in [0.4, 0.5) is 0 Å². The lowest BCUT2D eigenvalue weighted by Gasteiger charge is -2.08. The number of nitrogens with one attached hydrogen (secondary N) is 1. The van der Waals surface area contributed by atoms with E-state index in [-0.39, 0.29) is 6.04 Å². The van der Waals surface area contributed by atoms with Gasteiger partial charge in [-0.25, -0.2) is 13.1 Å². The maximum Gasteiger partial charge on any atom is 0.209 e. The molecule has 1 rings (SSSR count). The van der Waals surface area contributed by atoms with Crippen LogP contribution in [0.5, 0.6) is 0 Å². The van der Waals surface area contributed by atoms with E-state index in [1.54, 1.807) is 13.0 Å². The molecule has 3 nitrogen and oxygen atoms in total. The van der Waals surface area contributed by atoms with E-state index in [2.05, 4.69) is 4.72 Å². The molecule has 13 heavy (non-hydrogen) atoms. The minimum absolute atomic E-state index is 0.215. The summed E-state index contributed by atoms with van der Waals surface area (Å²) in [6.45, 7) is 1.78. The summed E-state index contributed by atoms with van der Waals surface area (Å²) in [4.78, 5) is 0.912. The second-order valence-corrected chi connectivity index (χ2v) is 6.28. The predicted octanol–water partition coefficient (Wildman–Crippen LogP) is 2.01. The molecule has 1 aromatic rings. The van der Waals surface area contributed by atoms with Crippen molar-refractivity contribution in [3.63, 3.8) is 0 Å². The third-order valence-corrected chi connectivity index (χ3v) is 3.61. The van der Waals surface area contributed by atoms with Gasteiger partial charge in [0.1, 0.15) is 0 Å². The van der Waals surface area contributed by atoms with Gasteiger partial charge in [-0.15, -0.1) is 11.3 Å². The fraction of sp³-hybridized carbons (Fsp3) is 0.429. The molecule has 0 fully saturated rings. The molecule has 0 spiro atoms. The quantitative estimate of drug-likeness (QED) is 0.877. The molecule has 0 amide bonds. The summed E-state index contributed by atoms with van der Waals surface area (Å²) in [7, 11) is -3.15. The lowest BCUT2D eigenvalue weighted by molar-refractivity contribution is 0.575. The summed E-state index contributed by atoms with van der Waals surface area (Å²) in [5, 5.41) is 0. The molecule has 0 bridgehead atoms. The van der Waals surface area contributed by atoms with Gasteiger partial charge < -0.3 is 0 Å². The first-order valence-electron chi connectivity index (χ1n) is 3.61. The SMILES string of the molecule is C[C@@H](NS(C)(=O)=O)c1ccc(Cl)s1. The fourth-order valence-corrected chi connectivity index (χ4v) is 2.85. The van der Waals surface area contributed by atoms with Crippen molar-refractivity contribution in [1.82, 2.24) is 4.72 Å². The van der Waals surface area contributed by atoms with Gasteiger partial charge in [0.05, 0.1) is 16.6 Å². The van der Waals surface area contributed by atoms with Crippen LogP contribution in [0.1, 0.15) is 17.8 Å². The Kier molecular flexibility index (Phi) is 3.34. The number of rotatable bonds is 3. The molecule has 0 saturated carbocycles. The van der Waals surface area contributed by atoms with Crippen LogP contribution in [0.2, 0.25) is 4.34 Å². The van der Waals surface area contributed by atoms with Crippen molar-refractivity contribution in [1.29, 1.82) is 0 Å². The second-order valence-electron chi connectivity index (χ2n) is 2.75. The Labute approximate surface area is 86.8 Å². The van der Waals surface area contributed by atoms with Crippen molar-refractivity contribution in [2.45, 2.75) is 13.0 Å². The molecular formula is C7H10ClNO2S2. The van der Waals surface area contributed by atoms with Gasteiger partial charge in [-0.05, 0) is 19.1 Å². The Hall–Kier alpha value is -0.100. The summed E-state index contributed by atoms with van der Waals surface area (Å²) in [6.07, 6.45) is 1.14. The Morgan fingerprint density at radius 1 is 1.54 bits per heavy atom. The van der Waals surface area contributed by atoms with Gasteiger partial charge in [0.15, 0.2) is 0 Å². The molecule has 0 aliphatic heterocycles. The first-order valence-corrected chi connectivity index (χ1v) is 6.69. The zero-order valence-electron chi connectivity index (χ0n) is 7.24. The first kappa shape index (κ1) is 11.0. The van der Waals surface area contributed by atoms with Gasteiger partial charge in [-0.1, -0.05) is 11.6 Å². The zero-order valence-corrected chi connectivity index (χ0v) is 9.63. The zero-order chi connectivity index (χ0) is 10.1. The first-order chi connectivity index (χ1) is 5.88. The molecule has 0 saturated heterocycles. The van der Waals surface area contributed by atoms with Crippen LogP contribution in [0, 0.1) is 0 Å². The number of hydrogen-bond acceptors (Lipinski definition) is 3. The molecule has 0 radical (unpaired) electrons. The average molecular weight is 240 g/mol. The van der Waals surface area contributed by atoms with Crippen LogP contribution in [0.15, 0.2) is 12.1 Å². The number of thiophene rings is 1. The molecular weight excluding hydrogens is 230 g/mol. The Balaban J connectivity index is 2.75. The lowest BCUT2D eigenvalue weighted by atomic mass is 10.3. The summed E-state index contributed by atoms with van der Waals surface area (Å²) in [6, 6.07) is 3.35. The minimum Gasteiger partial charge on any atom is -0.213 e. The number of halogens is 1. The van der Waals surface area contributed by atoms with Gasteiger partial charge in [0.2, 0.25) is 10.0 Å². The van der Waals surface area contributed by atoms with Crippen LogP contribution in [-0.4, -0.2) is 14.7 Å². The smallest absolute Gasteiger partial charge is 0.209 e. The van der Waals surface area contributed by atoms with Crippen LogP contribution in [0.3, 0.4) is 0 Å². The van der Waals surface area contributed by atoms with E-state index in [0.29, 0.717) is 4.34 Å². The molecule has 0 aliphatic rings. The number of hydrogen-bond donors (Lipinski definition) is 1. The summed E-state index contributed by atoms with van der Waals surface area (Å²) >= 11 is 7.09. The van der Waals surface area contributed by atoms with E-state index in [4.69, 9.17) is 11.6 Å². The summed E-state index contributed by atoms with van der Waals surface area (Å²) in [5.41, 5.74) is 0. The average Bonchev–Trinajstić information content (AvgIpc) is 2.31. The molecule has 74 valence electrons. The Morgan fingerprint density at radius 2 is 2.15 bits per heavy atom. The predicted molar refractivity (Wildman–Crippen MR) is 55.7 cm³/mol. The highest BCUT2D eigenvalue weighted by molar-refractivity contribution is 7.88. The van der Waals surface area contributed by atoms with Crippen LogP contribution < -0.4 is 4.72 Å². The lowest BCUT2D eigenvalue weighted by Crippen LogP contribution is -2.24. The maximum atomic E-state index is 10.9. The normalized spacial score (nSPS) is 14.4. The second kappa shape index (κ2) is 3.96. The van der Waals surface area contributed by atoms with Crippen molar-refractivity contribution >= 4 is 33.0 Å². The largest absolute Gasteiger partial charge is 0.213 e. The van der Waals surface area contributed by atoms with Gasteiger partial charge in [0, 0.05) is 4.88 Å². The Bertz CT molecular complexity index is 385. The monoisotopic (exact) mass is 239 g/mol. The third-order valence-electron chi connectivity index (χ3n) is 1.41. The van der Waals surface area contributed by atoms with Crippen molar-refractivity contribution in [3.05, 3.63) is 21.3 Å². The van der Waals surface area contributed by atoms with E-state index in [9.17, 15) is 8.42 Å². The Morgan fingerprint density at radius 3 is 2.54 bits per heavy atom. The number of sulfonamides is 1. The summed E-state index contributed by atoms with van der Waals surface area (Å²) in [5.74, 6) is 0. The van der Waals surface area contributed by atoms with Crippen LogP contribution in [0.25, 0.3) is 0 Å². The third kappa shape index (κ3) is 3.64. The van der Waals surface area contributed by atoms with E-state index in [1.807, 2.05) is 6.07 Å². The van der Waals surface area contributed by atoms with Gasteiger partial charge in [-0.2, -0.15) is 0 Å². The highest BCUT2D eigenvalue weighted by Crippen LogP contribution is 2.26. The van der Waals surface area contributed by atoms with E-state index in [0.717, 1.165) is 11.1 Å². The molecule has 0 unspecified atom stereocenters. The van der Waals surface area contributed by atoms with Crippen molar-refractivity contribution in [2.75, 3.05) is 6.26 Å². The van der Waals surface area contributed by atoms with Crippen LogP contribution >= 0.6 is 22.9 Å². The van der Waals surface area contributed by atoms with Crippen LogP contribution in [-0.2, 0) is 10.0 Å². The van der Waals surface area contributed by atoms with E-state index >= 15 is 0 Å². The van der Waals surface area contributed by atoms with Gasteiger partial charge in [0.25, 0.3) is 0 Å². The molecule has 0 aliphatic carbocycles. The molecule has 1 heterocycles. The van der Waals surface area contributed by atoms with Crippen molar-refractivity contribution in [2.24, 2.45) is 0 Å². The molecule has 1 N–H and O–H groups in total.